The molecule has 5 rings (SSSR count). The Morgan fingerprint density at radius 2 is 1.80 bits per heavy atom. The number of H-pyrrole nitrogens is 1. The first-order chi connectivity index (χ1) is 14.8. The zero-order chi connectivity index (χ0) is 20.3. The van der Waals surface area contributed by atoms with Gasteiger partial charge in [-0.3, -0.25) is 4.79 Å². The van der Waals surface area contributed by atoms with Crippen molar-refractivity contribution >= 4 is 38.5 Å². The van der Waals surface area contributed by atoms with Gasteiger partial charge < -0.3 is 10.3 Å². The molecule has 30 heavy (non-hydrogen) atoms. The largest absolute Gasteiger partial charge is 0.345 e. The van der Waals surface area contributed by atoms with Gasteiger partial charge in [-0.25, -0.2) is 9.97 Å². The molecule has 2 heterocycles. The summed E-state index contributed by atoms with van der Waals surface area (Å²) >= 11 is 1.65. The Bertz CT molecular complexity index is 1280. The molecule has 2 N–H and O–H groups in total. The number of thiazole rings is 1. The summed E-state index contributed by atoms with van der Waals surface area (Å²) in [6, 6.07) is 23.9. The Morgan fingerprint density at radius 1 is 0.967 bits per heavy atom. The van der Waals surface area contributed by atoms with Gasteiger partial charge in [-0.2, -0.15) is 0 Å². The van der Waals surface area contributed by atoms with Gasteiger partial charge in [0.25, 0.3) is 0 Å². The van der Waals surface area contributed by atoms with Crippen LogP contribution in [-0.4, -0.2) is 20.9 Å². The molecule has 0 radical (unpaired) electrons. The number of benzene rings is 3. The Hall–Kier alpha value is -3.51. The van der Waals surface area contributed by atoms with Crippen molar-refractivity contribution < 1.29 is 4.79 Å². The van der Waals surface area contributed by atoms with Crippen LogP contribution in [0, 0.1) is 0 Å². The average Bonchev–Trinajstić information content (AvgIpc) is 3.42. The molecule has 1 atom stereocenters. The van der Waals surface area contributed by atoms with Crippen LogP contribution in [0.2, 0.25) is 0 Å². The van der Waals surface area contributed by atoms with Gasteiger partial charge in [-0.05, 0) is 35.4 Å². The highest BCUT2D eigenvalue weighted by atomic mass is 32.1. The molecule has 0 unspecified atom stereocenters. The average molecular weight is 413 g/mol. The summed E-state index contributed by atoms with van der Waals surface area (Å²) in [6.45, 7) is 0. The molecule has 148 valence electrons. The fraction of sp³-hybridized carbons (Fsp3) is 0.125. The number of carbonyl (C=O) groups excluding carboxylic acids is 1. The van der Waals surface area contributed by atoms with Crippen LogP contribution < -0.4 is 5.32 Å². The Morgan fingerprint density at radius 3 is 2.67 bits per heavy atom. The van der Waals surface area contributed by atoms with E-state index in [1.54, 1.807) is 17.7 Å². The quantitative estimate of drug-likeness (QED) is 0.412. The maximum absolute atomic E-state index is 12.8. The van der Waals surface area contributed by atoms with Crippen molar-refractivity contribution in [3.05, 3.63) is 95.3 Å². The number of imidazole rings is 1. The minimum absolute atomic E-state index is 0.00724. The Labute approximate surface area is 177 Å². The highest BCUT2D eigenvalue weighted by Crippen LogP contribution is 2.26. The monoisotopic (exact) mass is 412 g/mol. The van der Waals surface area contributed by atoms with Gasteiger partial charge in [-0.15, -0.1) is 11.3 Å². The molecular weight excluding hydrogens is 392 g/mol. The minimum atomic E-state index is -0.221. The van der Waals surface area contributed by atoms with Crippen LogP contribution in [0.1, 0.15) is 28.6 Å². The van der Waals surface area contributed by atoms with E-state index in [0.29, 0.717) is 12.8 Å². The van der Waals surface area contributed by atoms with Crippen molar-refractivity contribution in [2.24, 2.45) is 0 Å². The number of amides is 1. The van der Waals surface area contributed by atoms with Gasteiger partial charge in [0.15, 0.2) is 0 Å². The van der Waals surface area contributed by atoms with Gasteiger partial charge in [0.05, 0.1) is 38.6 Å². The number of fused-ring (bicyclic) bond motifs is 2. The summed E-state index contributed by atoms with van der Waals surface area (Å²) in [5, 5.41) is 4.20. The van der Waals surface area contributed by atoms with E-state index in [4.69, 9.17) is 0 Å². The highest BCUT2D eigenvalue weighted by molar-refractivity contribution is 7.18. The van der Waals surface area contributed by atoms with Crippen molar-refractivity contribution in [1.29, 1.82) is 0 Å². The lowest BCUT2D eigenvalue weighted by atomic mass is 9.98. The number of aryl methyl sites for hydroxylation is 1. The van der Waals surface area contributed by atoms with Crippen molar-refractivity contribution in [1.82, 2.24) is 20.3 Å². The predicted octanol–water partition coefficient (Wildman–Crippen LogP) is 5.01. The van der Waals surface area contributed by atoms with Crippen LogP contribution in [0.25, 0.3) is 21.3 Å². The second-order valence-electron chi connectivity index (χ2n) is 7.17. The second kappa shape index (κ2) is 8.08. The molecule has 0 spiro atoms. The zero-order valence-corrected chi connectivity index (χ0v) is 17.0. The summed E-state index contributed by atoms with van der Waals surface area (Å²) in [5.41, 5.74) is 4.92. The first kappa shape index (κ1) is 18.5. The first-order valence-corrected chi connectivity index (χ1v) is 10.7. The molecule has 6 heteroatoms. The number of nitrogens with one attached hydrogen (secondary N) is 2. The van der Waals surface area contributed by atoms with E-state index >= 15 is 0 Å². The van der Waals surface area contributed by atoms with Crippen molar-refractivity contribution in [2.45, 2.75) is 18.9 Å². The maximum Gasteiger partial charge on any atom is 0.221 e. The molecule has 1 amide bonds. The summed E-state index contributed by atoms with van der Waals surface area (Å²) < 4.78 is 1.16. The first-order valence-electron chi connectivity index (χ1n) is 9.88. The summed E-state index contributed by atoms with van der Waals surface area (Å²) in [7, 11) is 0. The van der Waals surface area contributed by atoms with Gasteiger partial charge in [0.1, 0.15) is 0 Å². The molecule has 0 aliphatic carbocycles. The smallest absolute Gasteiger partial charge is 0.221 e. The van der Waals surface area contributed by atoms with Gasteiger partial charge in [0.2, 0.25) is 5.91 Å². The lowest BCUT2D eigenvalue weighted by molar-refractivity contribution is -0.121. The number of hydrogen-bond acceptors (Lipinski definition) is 4. The molecule has 0 saturated heterocycles. The van der Waals surface area contributed by atoms with Crippen LogP contribution in [0.3, 0.4) is 0 Å². The molecule has 5 aromatic rings. The number of aromatic amines is 1. The zero-order valence-electron chi connectivity index (χ0n) is 16.2. The van der Waals surface area contributed by atoms with E-state index in [9.17, 15) is 4.79 Å². The van der Waals surface area contributed by atoms with Crippen LogP contribution in [0.15, 0.2) is 79.1 Å². The van der Waals surface area contributed by atoms with Crippen molar-refractivity contribution in [3.8, 4) is 0 Å². The standard InChI is InChI=1S/C24H20N4OS/c29-22(12-13-23-27-19-8-4-5-9-21(19)30-23)28-24(16-6-2-1-3-7-16)17-10-11-18-20(14-17)26-15-25-18/h1-11,14-15,24H,12-13H2,(H,25,26)(H,28,29)/t24-/m0/s1. The molecule has 3 aromatic carbocycles. The number of carbonyl (C=O) groups is 1. The molecule has 0 bridgehead atoms. The third-order valence-electron chi connectivity index (χ3n) is 5.12. The van der Waals surface area contributed by atoms with Crippen molar-refractivity contribution in [3.63, 3.8) is 0 Å². The number of hydrogen-bond donors (Lipinski definition) is 2. The lowest BCUT2D eigenvalue weighted by Gasteiger charge is -2.20. The van der Waals surface area contributed by atoms with E-state index in [1.165, 1.54) is 0 Å². The highest BCUT2D eigenvalue weighted by Gasteiger charge is 2.18. The predicted molar refractivity (Wildman–Crippen MR) is 120 cm³/mol. The van der Waals surface area contributed by atoms with Crippen LogP contribution >= 0.6 is 11.3 Å². The fourth-order valence-electron chi connectivity index (χ4n) is 3.62. The molecular formula is C24H20N4OS. The molecule has 2 aromatic heterocycles. The van der Waals surface area contributed by atoms with E-state index < -0.39 is 0 Å². The van der Waals surface area contributed by atoms with Gasteiger partial charge >= 0.3 is 0 Å². The SMILES string of the molecule is O=C(CCc1nc2ccccc2s1)N[C@@H](c1ccccc1)c1ccc2nc[nH]c2c1. The number of para-hydroxylation sites is 1. The van der Waals surface area contributed by atoms with Crippen LogP contribution in [0.5, 0.6) is 0 Å². The van der Waals surface area contributed by atoms with Crippen molar-refractivity contribution in [2.75, 3.05) is 0 Å². The van der Waals surface area contributed by atoms with E-state index in [-0.39, 0.29) is 11.9 Å². The Kier molecular flexibility index (Phi) is 4.99. The summed E-state index contributed by atoms with van der Waals surface area (Å²) in [4.78, 5) is 24.9. The third kappa shape index (κ3) is 3.82. The van der Waals surface area contributed by atoms with E-state index in [0.717, 1.165) is 37.4 Å². The number of nitrogens with zero attached hydrogens (tertiary/aromatic N) is 2. The molecule has 0 aliphatic rings. The summed E-state index contributed by atoms with van der Waals surface area (Å²) in [5.74, 6) is 0.00724. The van der Waals surface area contributed by atoms with Gasteiger partial charge in [0, 0.05) is 12.8 Å². The lowest BCUT2D eigenvalue weighted by Crippen LogP contribution is -2.29. The molecule has 0 aliphatic heterocycles. The fourth-order valence-corrected chi connectivity index (χ4v) is 4.58. The van der Waals surface area contributed by atoms with Crippen LogP contribution in [0.4, 0.5) is 0 Å². The number of rotatable bonds is 6. The molecule has 0 saturated carbocycles. The second-order valence-corrected chi connectivity index (χ2v) is 8.28. The summed E-state index contributed by atoms with van der Waals surface area (Å²) in [6.07, 6.45) is 2.71. The molecule has 0 fully saturated rings. The molecule has 5 nitrogen and oxygen atoms in total. The van der Waals surface area contributed by atoms with E-state index in [1.807, 2.05) is 66.7 Å². The van der Waals surface area contributed by atoms with Gasteiger partial charge in [-0.1, -0.05) is 48.5 Å². The van der Waals surface area contributed by atoms with Crippen LogP contribution in [-0.2, 0) is 11.2 Å². The minimum Gasteiger partial charge on any atom is -0.345 e. The van der Waals surface area contributed by atoms with E-state index in [2.05, 4.69) is 26.3 Å². The third-order valence-corrected chi connectivity index (χ3v) is 6.22. The number of aromatic nitrogens is 3. The normalized spacial score (nSPS) is 12.3. The Balaban J connectivity index is 1.35. The maximum atomic E-state index is 12.8. The topological polar surface area (TPSA) is 70.7 Å².